The number of ether oxygens (including phenoxy) is 1. The van der Waals surface area contributed by atoms with Crippen LogP contribution in [-0.2, 0) is 0 Å². The second-order valence-corrected chi connectivity index (χ2v) is 7.00. The number of benzene rings is 1. The number of nitrogens with zero attached hydrogens (tertiary/aromatic N) is 3. The molecule has 0 saturated heterocycles. The van der Waals surface area contributed by atoms with Crippen molar-refractivity contribution in [1.82, 2.24) is 15.2 Å². The SMILES string of the molecule is CCSc1nnc2c(n1)O[C@@H](C(C)=Cc1ccco1)Nc1ccccc1-2. The average molecular weight is 366 g/mol. The first-order chi connectivity index (χ1) is 12.7. The smallest absolute Gasteiger partial charge is 0.247 e. The van der Waals surface area contributed by atoms with Crippen molar-refractivity contribution < 1.29 is 9.15 Å². The Kier molecular flexibility index (Phi) is 4.62. The molecule has 26 heavy (non-hydrogen) atoms. The number of fused-ring (bicyclic) bond motifs is 3. The second kappa shape index (κ2) is 7.21. The number of anilines is 1. The standard InChI is InChI=1S/C19H18N4O2S/c1-3-26-19-21-18-16(22-23-19)14-8-4-5-9-15(14)20-17(25-18)12(2)11-13-7-6-10-24-13/h4-11,17,20H,3H2,1-2H3/t17-/m0/s1. The van der Waals surface area contributed by atoms with Crippen LogP contribution in [0.2, 0.25) is 0 Å². The van der Waals surface area contributed by atoms with Crippen molar-refractivity contribution in [1.29, 1.82) is 0 Å². The topological polar surface area (TPSA) is 73.1 Å². The quantitative estimate of drug-likeness (QED) is 0.683. The molecule has 1 aliphatic heterocycles. The molecule has 0 amide bonds. The second-order valence-electron chi connectivity index (χ2n) is 5.77. The molecule has 0 spiro atoms. The Hall–Kier alpha value is -2.80. The van der Waals surface area contributed by atoms with Crippen LogP contribution < -0.4 is 10.1 Å². The average Bonchev–Trinajstić information content (AvgIpc) is 3.09. The molecular weight excluding hydrogens is 348 g/mol. The van der Waals surface area contributed by atoms with Crippen molar-refractivity contribution in [3.8, 4) is 17.1 Å². The highest BCUT2D eigenvalue weighted by Gasteiger charge is 2.25. The molecule has 0 fully saturated rings. The number of thioether (sulfide) groups is 1. The lowest BCUT2D eigenvalue weighted by Gasteiger charge is -2.19. The zero-order valence-electron chi connectivity index (χ0n) is 14.5. The number of hydrogen-bond donors (Lipinski definition) is 1. The molecule has 132 valence electrons. The van der Waals surface area contributed by atoms with E-state index >= 15 is 0 Å². The molecule has 0 unspecified atom stereocenters. The van der Waals surface area contributed by atoms with E-state index in [1.807, 2.05) is 49.4 Å². The van der Waals surface area contributed by atoms with Crippen molar-refractivity contribution in [3.05, 3.63) is 54.0 Å². The van der Waals surface area contributed by atoms with Gasteiger partial charge in [-0.15, -0.1) is 10.2 Å². The van der Waals surface area contributed by atoms with E-state index < -0.39 is 6.23 Å². The van der Waals surface area contributed by atoms with Crippen LogP contribution in [-0.4, -0.2) is 27.2 Å². The predicted octanol–water partition coefficient (Wildman–Crippen LogP) is 4.48. The van der Waals surface area contributed by atoms with Gasteiger partial charge in [0.1, 0.15) is 5.76 Å². The zero-order chi connectivity index (χ0) is 17.9. The first kappa shape index (κ1) is 16.7. The summed E-state index contributed by atoms with van der Waals surface area (Å²) in [6.07, 6.45) is 3.21. The van der Waals surface area contributed by atoms with Crippen LogP contribution >= 0.6 is 11.8 Å². The van der Waals surface area contributed by atoms with E-state index in [4.69, 9.17) is 9.15 Å². The maximum atomic E-state index is 6.19. The maximum Gasteiger partial charge on any atom is 0.247 e. The monoisotopic (exact) mass is 366 g/mol. The molecule has 6 nitrogen and oxygen atoms in total. The fraction of sp³-hybridized carbons (Fsp3) is 0.211. The Labute approximate surface area is 155 Å². The summed E-state index contributed by atoms with van der Waals surface area (Å²) in [7, 11) is 0. The van der Waals surface area contributed by atoms with E-state index in [2.05, 4.69) is 27.4 Å². The molecule has 3 heterocycles. The Balaban J connectivity index is 1.77. The summed E-state index contributed by atoms with van der Waals surface area (Å²) in [4.78, 5) is 4.57. The van der Waals surface area contributed by atoms with Gasteiger partial charge >= 0.3 is 0 Å². The first-order valence-electron chi connectivity index (χ1n) is 8.36. The molecule has 2 aromatic heterocycles. The molecule has 0 radical (unpaired) electrons. The summed E-state index contributed by atoms with van der Waals surface area (Å²) in [5, 5.41) is 12.6. The summed E-state index contributed by atoms with van der Waals surface area (Å²) < 4.78 is 11.6. The van der Waals surface area contributed by atoms with E-state index in [1.165, 1.54) is 11.8 Å². The van der Waals surface area contributed by atoms with Gasteiger partial charge in [-0.3, -0.25) is 0 Å². The number of aromatic nitrogens is 3. The number of para-hydroxylation sites is 1. The van der Waals surface area contributed by atoms with E-state index in [0.29, 0.717) is 16.7 Å². The van der Waals surface area contributed by atoms with Crippen LogP contribution in [0.4, 0.5) is 5.69 Å². The Morgan fingerprint density at radius 3 is 2.92 bits per heavy atom. The third-order valence-corrected chi connectivity index (χ3v) is 4.65. The fourth-order valence-corrected chi connectivity index (χ4v) is 3.22. The largest absolute Gasteiger partial charge is 0.465 e. The van der Waals surface area contributed by atoms with Crippen molar-refractivity contribution in [3.63, 3.8) is 0 Å². The van der Waals surface area contributed by atoms with Gasteiger partial charge in [-0.05, 0) is 42.5 Å². The van der Waals surface area contributed by atoms with Crippen LogP contribution in [0.3, 0.4) is 0 Å². The van der Waals surface area contributed by atoms with Gasteiger partial charge in [0, 0.05) is 11.3 Å². The highest BCUT2D eigenvalue weighted by molar-refractivity contribution is 7.99. The number of furan rings is 1. The summed E-state index contributed by atoms with van der Waals surface area (Å²) in [6, 6.07) is 11.7. The third-order valence-electron chi connectivity index (χ3n) is 3.93. The summed E-state index contributed by atoms with van der Waals surface area (Å²) >= 11 is 1.53. The first-order valence-corrected chi connectivity index (χ1v) is 9.35. The van der Waals surface area contributed by atoms with E-state index in [9.17, 15) is 0 Å². The highest BCUT2D eigenvalue weighted by atomic mass is 32.2. The van der Waals surface area contributed by atoms with E-state index in [0.717, 1.165) is 28.3 Å². The van der Waals surface area contributed by atoms with Gasteiger partial charge in [0.15, 0.2) is 11.9 Å². The van der Waals surface area contributed by atoms with E-state index in [1.54, 1.807) is 6.26 Å². The van der Waals surface area contributed by atoms with Crippen LogP contribution in [0.1, 0.15) is 19.6 Å². The molecule has 0 bridgehead atoms. The Bertz CT molecular complexity index is 940. The molecule has 0 saturated carbocycles. The van der Waals surface area contributed by atoms with Crippen molar-refractivity contribution in [2.24, 2.45) is 0 Å². The minimum absolute atomic E-state index is 0.390. The van der Waals surface area contributed by atoms with Gasteiger partial charge in [0.05, 0.1) is 6.26 Å². The molecule has 4 rings (SSSR count). The van der Waals surface area contributed by atoms with Crippen LogP contribution in [0.25, 0.3) is 17.3 Å². The summed E-state index contributed by atoms with van der Waals surface area (Å²) in [5.41, 5.74) is 3.45. The maximum absolute atomic E-state index is 6.19. The predicted molar refractivity (Wildman–Crippen MR) is 102 cm³/mol. The lowest BCUT2D eigenvalue weighted by atomic mass is 10.1. The van der Waals surface area contributed by atoms with Gasteiger partial charge in [-0.2, -0.15) is 4.98 Å². The lowest BCUT2D eigenvalue weighted by molar-refractivity contribution is 0.255. The van der Waals surface area contributed by atoms with Crippen molar-refractivity contribution in [2.45, 2.75) is 25.2 Å². The van der Waals surface area contributed by atoms with Gasteiger partial charge < -0.3 is 14.5 Å². The van der Waals surface area contributed by atoms with Gasteiger partial charge in [-0.1, -0.05) is 36.9 Å². The number of nitrogens with one attached hydrogen (secondary N) is 1. The van der Waals surface area contributed by atoms with Crippen molar-refractivity contribution in [2.75, 3.05) is 11.1 Å². The molecule has 7 heteroatoms. The van der Waals surface area contributed by atoms with Crippen molar-refractivity contribution >= 4 is 23.5 Å². The molecule has 3 aromatic rings. The fourth-order valence-electron chi connectivity index (χ4n) is 2.72. The molecule has 1 aliphatic rings. The summed E-state index contributed by atoms with van der Waals surface area (Å²) in [5.74, 6) is 2.12. The van der Waals surface area contributed by atoms with Crippen LogP contribution in [0.5, 0.6) is 5.88 Å². The molecule has 1 atom stereocenters. The van der Waals surface area contributed by atoms with Crippen LogP contribution in [0, 0.1) is 0 Å². The number of rotatable bonds is 4. The van der Waals surface area contributed by atoms with Gasteiger partial charge in [0.25, 0.3) is 0 Å². The van der Waals surface area contributed by atoms with Crippen LogP contribution in [0.15, 0.2) is 57.8 Å². The van der Waals surface area contributed by atoms with Gasteiger partial charge in [-0.25, -0.2) is 0 Å². The molecule has 0 aliphatic carbocycles. The van der Waals surface area contributed by atoms with Gasteiger partial charge in [0.2, 0.25) is 11.0 Å². The normalized spacial score (nSPS) is 16.1. The minimum Gasteiger partial charge on any atom is -0.465 e. The highest BCUT2D eigenvalue weighted by Crippen LogP contribution is 2.37. The Morgan fingerprint density at radius 1 is 1.23 bits per heavy atom. The molecule has 1 N–H and O–H groups in total. The third kappa shape index (κ3) is 3.30. The zero-order valence-corrected chi connectivity index (χ0v) is 15.3. The molecule has 1 aromatic carbocycles. The number of hydrogen-bond acceptors (Lipinski definition) is 7. The summed E-state index contributed by atoms with van der Waals surface area (Å²) in [6.45, 7) is 4.04. The van der Waals surface area contributed by atoms with E-state index in [-0.39, 0.29) is 0 Å². The minimum atomic E-state index is -0.390. The lowest BCUT2D eigenvalue weighted by Crippen LogP contribution is -2.27. The molecular formula is C19H18N4O2S. The Morgan fingerprint density at radius 2 is 2.12 bits per heavy atom.